The van der Waals surface area contributed by atoms with Crippen LogP contribution in [0.15, 0.2) is 17.2 Å². The van der Waals surface area contributed by atoms with E-state index in [0.29, 0.717) is 26.6 Å². The van der Waals surface area contributed by atoms with Gasteiger partial charge in [-0.25, -0.2) is 9.97 Å². The second kappa shape index (κ2) is 7.90. The highest BCUT2D eigenvalue weighted by molar-refractivity contribution is 8.00. The van der Waals surface area contributed by atoms with Gasteiger partial charge in [-0.2, -0.15) is 0 Å². The molecule has 0 fully saturated rings. The predicted octanol–water partition coefficient (Wildman–Crippen LogP) is 6.31. The van der Waals surface area contributed by atoms with E-state index in [1.54, 1.807) is 11.3 Å². The van der Waals surface area contributed by atoms with E-state index in [1.165, 1.54) is 28.8 Å². The standard InChI is InChI=1S/C17H14Cl3N3OS2/c1-7-8(2)26-17-14(7)16(21-9(3)22-17)25-6-13(24)23-15-11(19)4-10(18)5-12(15)20/h4-5H,6H2,1-3H3,(H,23,24). The van der Waals surface area contributed by atoms with Crippen LogP contribution in [0.4, 0.5) is 5.69 Å². The summed E-state index contributed by atoms with van der Waals surface area (Å²) < 4.78 is 0. The average molecular weight is 447 g/mol. The molecule has 0 radical (unpaired) electrons. The largest absolute Gasteiger partial charge is 0.323 e. The molecule has 1 N–H and O–H groups in total. The van der Waals surface area contributed by atoms with Gasteiger partial charge in [-0.05, 0) is 38.5 Å². The van der Waals surface area contributed by atoms with Gasteiger partial charge in [0.25, 0.3) is 0 Å². The smallest absolute Gasteiger partial charge is 0.234 e. The number of rotatable bonds is 4. The minimum atomic E-state index is -0.227. The van der Waals surface area contributed by atoms with Crippen LogP contribution in [0.3, 0.4) is 0 Å². The van der Waals surface area contributed by atoms with Crippen LogP contribution in [0, 0.1) is 20.8 Å². The number of nitrogens with zero attached hydrogens (tertiary/aromatic N) is 2. The number of aromatic nitrogens is 2. The number of benzene rings is 1. The molecule has 2 aromatic heterocycles. The van der Waals surface area contributed by atoms with Gasteiger partial charge in [-0.3, -0.25) is 4.79 Å². The summed E-state index contributed by atoms with van der Waals surface area (Å²) in [6, 6.07) is 3.07. The Bertz CT molecular complexity index is 997. The summed E-state index contributed by atoms with van der Waals surface area (Å²) in [6.07, 6.45) is 0. The number of anilines is 1. The van der Waals surface area contributed by atoms with E-state index in [-0.39, 0.29) is 11.7 Å². The Morgan fingerprint density at radius 2 is 1.81 bits per heavy atom. The van der Waals surface area contributed by atoms with Crippen LogP contribution in [-0.4, -0.2) is 21.6 Å². The van der Waals surface area contributed by atoms with Gasteiger partial charge in [0.2, 0.25) is 5.91 Å². The number of thioether (sulfide) groups is 1. The number of aryl methyl sites for hydroxylation is 3. The zero-order valence-electron chi connectivity index (χ0n) is 14.1. The summed E-state index contributed by atoms with van der Waals surface area (Å²) in [5, 5.41) is 5.56. The summed E-state index contributed by atoms with van der Waals surface area (Å²) in [6.45, 7) is 5.95. The van der Waals surface area contributed by atoms with Gasteiger partial charge in [0, 0.05) is 15.3 Å². The molecule has 0 atom stereocenters. The Hall–Kier alpha value is -1.05. The van der Waals surface area contributed by atoms with Crippen molar-refractivity contribution in [1.29, 1.82) is 0 Å². The molecule has 3 aromatic rings. The van der Waals surface area contributed by atoms with Crippen molar-refractivity contribution in [3.05, 3.63) is 43.5 Å². The number of amides is 1. The Labute approximate surface area is 174 Å². The molecular weight excluding hydrogens is 433 g/mol. The fourth-order valence-corrected chi connectivity index (χ4v) is 5.37. The first-order valence-electron chi connectivity index (χ1n) is 7.57. The van der Waals surface area contributed by atoms with Gasteiger partial charge in [-0.1, -0.05) is 46.6 Å². The van der Waals surface area contributed by atoms with Gasteiger partial charge in [0.05, 0.1) is 21.5 Å². The molecule has 0 bridgehead atoms. The van der Waals surface area contributed by atoms with Crippen molar-refractivity contribution in [2.75, 3.05) is 11.1 Å². The van der Waals surface area contributed by atoms with Gasteiger partial charge in [-0.15, -0.1) is 11.3 Å². The van der Waals surface area contributed by atoms with Crippen LogP contribution in [0.25, 0.3) is 10.2 Å². The molecule has 0 aliphatic rings. The number of thiophene rings is 1. The Morgan fingerprint density at radius 3 is 2.46 bits per heavy atom. The fraction of sp³-hybridized carbons (Fsp3) is 0.235. The molecule has 0 aliphatic carbocycles. The van der Waals surface area contributed by atoms with Gasteiger partial charge < -0.3 is 5.32 Å². The number of hydrogen-bond donors (Lipinski definition) is 1. The molecule has 0 saturated heterocycles. The normalized spacial score (nSPS) is 11.2. The van der Waals surface area contributed by atoms with Crippen molar-refractivity contribution in [2.24, 2.45) is 0 Å². The van der Waals surface area contributed by atoms with E-state index >= 15 is 0 Å². The summed E-state index contributed by atoms with van der Waals surface area (Å²) in [5.41, 5.74) is 1.51. The number of carbonyl (C=O) groups is 1. The van der Waals surface area contributed by atoms with E-state index in [4.69, 9.17) is 34.8 Å². The molecule has 0 unspecified atom stereocenters. The third-order valence-electron chi connectivity index (χ3n) is 3.72. The molecule has 0 saturated carbocycles. The molecule has 1 amide bonds. The zero-order chi connectivity index (χ0) is 19.0. The van der Waals surface area contributed by atoms with E-state index in [0.717, 1.165) is 20.8 Å². The van der Waals surface area contributed by atoms with Crippen molar-refractivity contribution in [1.82, 2.24) is 9.97 Å². The number of fused-ring (bicyclic) bond motifs is 1. The van der Waals surface area contributed by atoms with E-state index in [2.05, 4.69) is 22.2 Å². The first-order chi connectivity index (χ1) is 12.3. The predicted molar refractivity (Wildman–Crippen MR) is 112 cm³/mol. The number of halogens is 3. The van der Waals surface area contributed by atoms with Gasteiger partial charge in [0.1, 0.15) is 15.7 Å². The van der Waals surface area contributed by atoms with Crippen LogP contribution in [-0.2, 0) is 4.79 Å². The van der Waals surface area contributed by atoms with Crippen LogP contribution in [0.5, 0.6) is 0 Å². The zero-order valence-corrected chi connectivity index (χ0v) is 18.0. The van der Waals surface area contributed by atoms with E-state index in [1.807, 2.05) is 13.8 Å². The summed E-state index contributed by atoms with van der Waals surface area (Å²) in [4.78, 5) is 23.5. The molecule has 4 nitrogen and oxygen atoms in total. The van der Waals surface area contributed by atoms with Crippen molar-refractivity contribution in [3.63, 3.8) is 0 Å². The molecule has 136 valence electrons. The Balaban J connectivity index is 1.79. The number of hydrogen-bond acceptors (Lipinski definition) is 5. The lowest BCUT2D eigenvalue weighted by Gasteiger charge is -2.10. The lowest BCUT2D eigenvalue weighted by atomic mass is 10.2. The van der Waals surface area contributed by atoms with E-state index < -0.39 is 0 Å². The maximum Gasteiger partial charge on any atom is 0.234 e. The first kappa shape index (κ1) is 19.7. The minimum absolute atomic E-state index is 0.176. The van der Waals surface area contributed by atoms with Gasteiger partial charge in [0.15, 0.2) is 0 Å². The van der Waals surface area contributed by atoms with Crippen molar-refractivity contribution >= 4 is 79.7 Å². The molecule has 9 heteroatoms. The fourth-order valence-electron chi connectivity index (χ4n) is 2.39. The van der Waals surface area contributed by atoms with E-state index in [9.17, 15) is 4.79 Å². The maximum atomic E-state index is 12.4. The third-order valence-corrected chi connectivity index (χ3v) is 6.61. The molecule has 0 aliphatic heterocycles. The maximum absolute atomic E-state index is 12.4. The summed E-state index contributed by atoms with van der Waals surface area (Å²) >= 11 is 21.1. The molecule has 1 aromatic carbocycles. The number of nitrogens with one attached hydrogen (secondary N) is 1. The van der Waals surface area contributed by atoms with Crippen molar-refractivity contribution < 1.29 is 4.79 Å². The monoisotopic (exact) mass is 445 g/mol. The summed E-state index contributed by atoms with van der Waals surface area (Å²) in [5.74, 6) is 0.635. The van der Waals surface area contributed by atoms with Gasteiger partial charge >= 0.3 is 0 Å². The third kappa shape index (κ3) is 4.10. The second-order valence-electron chi connectivity index (χ2n) is 5.62. The highest BCUT2D eigenvalue weighted by atomic mass is 35.5. The minimum Gasteiger partial charge on any atom is -0.323 e. The first-order valence-corrected chi connectivity index (χ1v) is 10.5. The molecule has 3 rings (SSSR count). The number of carbonyl (C=O) groups excluding carboxylic acids is 1. The topological polar surface area (TPSA) is 54.9 Å². The SMILES string of the molecule is Cc1nc(SCC(=O)Nc2c(Cl)cc(Cl)cc2Cl)c2c(C)c(C)sc2n1. The van der Waals surface area contributed by atoms with Crippen LogP contribution < -0.4 is 5.32 Å². The highest BCUT2D eigenvalue weighted by Gasteiger charge is 2.16. The summed E-state index contributed by atoms with van der Waals surface area (Å²) in [7, 11) is 0. The lowest BCUT2D eigenvalue weighted by molar-refractivity contribution is -0.113. The van der Waals surface area contributed by atoms with Crippen LogP contribution >= 0.6 is 57.9 Å². The Kier molecular flexibility index (Phi) is 5.99. The Morgan fingerprint density at radius 1 is 1.15 bits per heavy atom. The molecule has 2 heterocycles. The van der Waals surface area contributed by atoms with Crippen LogP contribution in [0.1, 0.15) is 16.3 Å². The lowest BCUT2D eigenvalue weighted by Crippen LogP contribution is -2.15. The van der Waals surface area contributed by atoms with Crippen LogP contribution in [0.2, 0.25) is 15.1 Å². The molecular formula is C17H14Cl3N3OS2. The molecule has 26 heavy (non-hydrogen) atoms. The second-order valence-corrected chi connectivity index (χ2v) is 9.04. The highest BCUT2D eigenvalue weighted by Crippen LogP contribution is 2.36. The molecule has 0 spiro atoms. The average Bonchev–Trinajstić information content (AvgIpc) is 2.83. The van der Waals surface area contributed by atoms with Crippen molar-refractivity contribution in [3.8, 4) is 0 Å². The van der Waals surface area contributed by atoms with Crippen molar-refractivity contribution in [2.45, 2.75) is 25.8 Å². The quantitative estimate of drug-likeness (QED) is 0.377.